The summed E-state index contributed by atoms with van der Waals surface area (Å²) in [6.07, 6.45) is 0. The number of carbonyl (C=O) groups excluding carboxylic acids is 1. The van der Waals surface area contributed by atoms with Crippen molar-refractivity contribution in [1.29, 1.82) is 0 Å². The van der Waals surface area contributed by atoms with Gasteiger partial charge in [-0.3, -0.25) is 4.79 Å². The van der Waals surface area contributed by atoms with Gasteiger partial charge in [0.05, 0.1) is 6.61 Å². The summed E-state index contributed by atoms with van der Waals surface area (Å²) in [5.41, 5.74) is 5.02. The van der Waals surface area contributed by atoms with Gasteiger partial charge in [0.15, 0.2) is 0 Å². The highest BCUT2D eigenvalue weighted by molar-refractivity contribution is 5.76. The smallest absolute Gasteiger partial charge is 0.221 e. The molecule has 0 saturated carbocycles. The average Bonchev–Trinajstić information content (AvgIpc) is 1.99. The predicted molar refractivity (Wildman–Crippen MR) is 42.9 cm³/mol. The third-order valence-electron chi connectivity index (χ3n) is 1.53. The summed E-state index contributed by atoms with van der Waals surface area (Å²) in [4.78, 5) is 10.5. The third kappa shape index (κ3) is 4.75. The zero-order valence-electron chi connectivity index (χ0n) is 7.00. The van der Waals surface area contributed by atoms with Crippen molar-refractivity contribution in [2.45, 2.75) is 19.9 Å². The molecule has 0 aromatic heterocycles. The van der Waals surface area contributed by atoms with Crippen LogP contribution in [0.4, 0.5) is 0 Å². The molecule has 1 amide bonds. The first-order valence-corrected chi connectivity index (χ1v) is 3.71. The predicted octanol–water partition coefficient (Wildman–Crippen LogP) is -0.922. The second kappa shape index (κ2) is 5.09. The fourth-order valence-corrected chi connectivity index (χ4v) is 0.543. The fourth-order valence-electron chi connectivity index (χ4n) is 0.543. The van der Waals surface area contributed by atoms with Crippen molar-refractivity contribution in [3.8, 4) is 0 Å². The maximum absolute atomic E-state index is 10.5. The molecule has 0 aliphatic heterocycles. The highest BCUT2D eigenvalue weighted by atomic mass is 16.3. The van der Waals surface area contributed by atoms with E-state index in [1.165, 1.54) is 0 Å². The Morgan fingerprint density at radius 1 is 1.64 bits per heavy atom. The lowest BCUT2D eigenvalue weighted by Gasteiger charge is -2.12. The summed E-state index contributed by atoms with van der Waals surface area (Å²) in [6.45, 7) is 4.19. The number of nitrogens with two attached hydrogens (primary N) is 1. The molecule has 0 aromatic rings. The number of rotatable bonds is 5. The van der Waals surface area contributed by atoms with Crippen LogP contribution in [0.1, 0.15) is 13.8 Å². The molecule has 66 valence electrons. The first-order valence-electron chi connectivity index (χ1n) is 3.71. The molecule has 0 heterocycles. The monoisotopic (exact) mass is 160 g/mol. The molecule has 0 rings (SSSR count). The summed E-state index contributed by atoms with van der Waals surface area (Å²) in [5.74, 6) is -0.494. The van der Waals surface area contributed by atoms with Crippen molar-refractivity contribution in [2.75, 3.05) is 13.2 Å². The van der Waals surface area contributed by atoms with Gasteiger partial charge < -0.3 is 16.2 Å². The summed E-state index contributed by atoms with van der Waals surface area (Å²) in [5, 5.41) is 11.6. The molecular formula is C7H16N2O2. The minimum Gasteiger partial charge on any atom is -0.395 e. The maximum atomic E-state index is 10.5. The number of nitrogens with one attached hydrogen (secondary N) is 1. The van der Waals surface area contributed by atoms with Crippen LogP contribution >= 0.6 is 0 Å². The molecule has 0 spiro atoms. The fraction of sp³-hybridized carbons (Fsp3) is 0.857. The summed E-state index contributed by atoms with van der Waals surface area (Å²) >= 11 is 0. The lowest BCUT2D eigenvalue weighted by Crippen LogP contribution is -2.37. The largest absolute Gasteiger partial charge is 0.395 e. The molecule has 0 bridgehead atoms. The van der Waals surface area contributed by atoms with E-state index in [1.54, 1.807) is 6.92 Å². The van der Waals surface area contributed by atoms with E-state index in [-0.39, 0.29) is 24.5 Å². The van der Waals surface area contributed by atoms with Gasteiger partial charge in [0, 0.05) is 18.5 Å². The minimum absolute atomic E-state index is 0.0248. The lowest BCUT2D eigenvalue weighted by molar-refractivity contribution is -0.121. The van der Waals surface area contributed by atoms with Crippen LogP contribution < -0.4 is 11.1 Å². The molecule has 0 aromatic carbocycles. The van der Waals surface area contributed by atoms with E-state index in [0.717, 1.165) is 0 Å². The van der Waals surface area contributed by atoms with E-state index < -0.39 is 0 Å². The second-order valence-corrected chi connectivity index (χ2v) is 2.80. The molecule has 0 aliphatic carbocycles. The van der Waals surface area contributed by atoms with Gasteiger partial charge in [-0.05, 0) is 6.92 Å². The minimum atomic E-state index is -0.317. The average molecular weight is 160 g/mol. The van der Waals surface area contributed by atoms with Crippen LogP contribution in [-0.2, 0) is 4.79 Å². The molecule has 4 N–H and O–H groups in total. The van der Waals surface area contributed by atoms with Crippen LogP contribution in [0.2, 0.25) is 0 Å². The zero-order valence-corrected chi connectivity index (χ0v) is 7.00. The van der Waals surface area contributed by atoms with Gasteiger partial charge in [-0.15, -0.1) is 0 Å². The quantitative estimate of drug-likeness (QED) is 0.487. The molecule has 2 atom stereocenters. The van der Waals surface area contributed by atoms with E-state index in [0.29, 0.717) is 6.54 Å². The van der Waals surface area contributed by atoms with E-state index >= 15 is 0 Å². The Hall–Kier alpha value is -0.610. The van der Waals surface area contributed by atoms with E-state index in [9.17, 15) is 4.79 Å². The van der Waals surface area contributed by atoms with Crippen LogP contribution in [0, 0.1) is 5.92 Å². The van der Waals surface area contributed by atoms with Crippen LogP contribution in [-0.4, -0.2) is 30.2 Å². The highest BCUT2D eigenvalue weighted by Gasteiger charge is 2.08. The van der Waals surface area contributed by atoms with Gasteiger partial charge in [-0.1, -0.05) is 6.92 Å². The Kier molecular flexibility index (Phi) is 4.81. The number of carbonyl (C=O) groups is 1. The molecular weight excluding hydrogens is 144 g/mol. The summed E-state index contributed by atoms with van der Waals surface area (Å²) < 4.78 is 0. The Balaban J connectivity index is 3.45. The van der Waals surface area contributed by atoms with Crippen molar-refractivity contribution in [1.82, 2.24) is 5.32 Å². The molecule has 4 heteroatoms. The normalized spacial score (nSPS) is 15.9. The molecule has 0 radical (unpaired) electrons. The first-order chi connectivity index (χ1) is 5.07. The van der Waals surface area contributed by atoms with E-state index in [2.05, 4.69) is 5.32 Å². The van der Waals surface area contributed by atoms with Crippen LogP contribution in [0.25, 0.3) is 0 Å². The summed E-state index contributed by atoms with van der Waals surface area (Å²) in [7, 11) is 0. The van der Waals surface area contributed by atoms with Gasteiger partial charge in [-0.2, -0.15) is 0 Å². The third-order valence-corrected chi connectivity index (χ3v) is 1.53. The number of aliphatic hydroxyl groups is 1. The van der Waals surface area contributed by atoms with E-state index in [4.69, 9.17) is 10.8 Å². The number of amides is 1. The molecule has 2 unspecified atom stereocenters. The molecule has 0 aliphatic rings. The standard InChI is InChI=1S/C7H16N2O2/c1-5(7(8)11)3-9-6(2)4-10/h5-6,9-10H,3-4H2,1-2H3,(H2,8,11). The highest BCUT2D eigenvalue weighted by Crippen LogP contribution is 1.90. The van der Waals surface area contributed by atoms with E-state index in [1.807, 2.05) is 6.92 Å². The Morgan fingerprint density at radius 3 is 2.55 bits per heavy atom. The molecule has 0 fully saturated rings. The van der Waals surface area contributed by atoms with Crippen molar-refractivity contribution in [2.24, 2.45) is 11.7 Å². The van der Waals surface area contributed by atoms with Crippen LogP contribution in [0.5, 0.6) is 0 Å². The number of primary amides is 1. The Morgan fingerprint density at radius 2 is 2.18 bits per heavy atom. The molecule has 0 saturated heterocycles. The lowest BCUT2D eigenvalue weighted by atomic mass is 10.1. The topological polar surface area (TPSA) is 75.3 Å². The summed E-state index contributed by atoms with van der Waals surface area (Å²) in [6, 6.07) is 0.0248. The van der Waals surface area contributed by atoms with Crippen LogP contribution in [0.3, 0.4) is 0 Å². The van der Waals surface area contributed by atoms with Gasteiger partial charge in [0.2, 0.25) is 5.91 Å². The maximum Gasteiger partial charge on any atom is 0.221 e. The Bertz CT molecular complexity index is 128. The second-order valence-electron chi connectivity index (χ2n) is 2.80. The zero-order chi connectivity index (χ0) is 8.85. The number of aliphatic hydroxyl groups excluding tert-OH is 1. The molecule has 4 nitrogen and oxygen atoms in total. The van der Waals surface area contributed by atoms with Crippen molar-refractivity contribution >= 4 is 5.91 Å². The number of hydrogen-bond donors (Lipinski definition) is 3. The van der Waals surface area contributed by atoms with Gasteiger partial charge in [-0.25, -0.2) is 0 Å². The van der Waals surface area contributed by atoms with Crippen molar-refractivity contribution in [3.05, 3.63) is 0 Å². The van der Waals surface area contributed by atoms with Crippen LogP contribution in [0.15, 0.2) is 0 Å². The van der Waals surface area contributed by atoms with Crippen molar-refractivity contribution in [3.63, 3.8) is 0 Å². The Labute approximate surface area is 66.8 Å². The van der Waals surface area contributed by atoms with Crippen molar-refractivity contribution < 1.29 is 9.90 Å². The molecule has 11 heavy (non-hydrogen) atoms. The van der Waals surface area contributed by atoms with Gasteiger partial charge in [0.25, 0.3) is 0 Å². The van der Waals surface area contributed by atoms with Gasteiger partial charge >= 0.3 is 0 Å². The number of hydrogen-bond acceptors (Lipinski definition) is 3. The van der Waals surface area contributed by atoms with Gasteiger partial charge in [0.1, 0.15) is 0 Å². The first kappa shape index (κ1) is 10.4. The SMILES string of the molecule is CC(CO)NCC(C)C(N)=O.